The van der Waals surface area contributed by atoms with E-state index < -0.39 is 23.1 Å². The van der Waals surface area contributed by atoms with Gasteiger partial charge in [-0.25, -0.2) is 8.78 Å². The van der Waals surface area contributed by atoms with E-state index in [1.165, 1.54) is 0 Å². The van der Waals surface area contributed by atoms with Crippen LogP contribution in [0.25, 0.3) is 0 Å². The Bertz CT molecular complexity index is 485. The summed E-state index contributed by atoms with van der Waals surface area (Å²) in [7, 11) is 0. The Labute approximate surface area is 103 Å². The van der Waals surface area contributed by atoms with Gasteiger partial charge in [0.05, 0.1) is 17.7 Å². The number of hydrogen-bond donors (Lipinski definition) is 2. The average Bonchev–Trinajstić information content (AvgIpc) is 2.70. The van der Waals surface area contributed by atoms with E-state index in [-0.39, 0.29) is 11.3 Å². The predicted molar refractivity (Wildman–Crippen MR) is 62.1 cm³/mol. The van der Waals surface area contributed by atoms with Crippen LogP contribution in [-0.2, 0) is 4.74 Å². The maximum atomic E-state index is 13.1. The van der Waals surface area contributed by atoms with Crippen LogP contribution in [0.15, 0.2) is 12.1 Å². The van der Waals surface area contributed by atoms with E-state index in [0.29, 0.717) is 19.6 Å². The molecular weight excluding hydrogens is 242 g/mol. The summed E-state index contributed by atoms with van der Waals surface area (Å²) in [6, 6.07) is 1.61. The molecule has 2 rings (SSSR count). The van der Waals surface area contributed by atoms with E-state index in [1.54, 1.807) is 0 Å². The van der Waals surface area contributed by atoms with Crippen molar-refractivity contribution in [3.8, 4) is 0 Å². The molecule has 3 N–H and O–H groups in total. The number of nitrogen functional groups attached to an aromatic ring is 1. The van der Waals surface area contributed by atoms with Crippen LogP contribution in [0.1, 0.15) is 23.7 Å². The van der Waals surface area contributed by atoms with E-state index in [1.807, 2.05) is 6.92 Å². The zero-order valence-electron chi connectivity index (χ0n) is 9.93. The van der Waals surface area contributed by atoms with Gasteiger partial charge in [-0.1, -0.05) is 0 Å². The lowest BCUT2D eigenvalue weighted by atomic mass is 10.0. The second-order valence-corrected chi connectivity index (χ2v) is 4.67. The molecule has 0 saturated carbocycles. The molecule has 1 fully saturated rings. The van der Waals surface area contributed by atoms with Crippen molar-refractivity contribution in [3.05, 3.63) is 29.3 Å². The van der Waals surface area contributed by atoms with Gasteiger partial charge in [0, 0.05) is 18.4 Å². The molecule has 0 aromatic heterocycles. The quantitative estimate of drug-likeness (QED) is 0.787. The van der Waals surface area contributed by atoms with Crippen molar-refractivity contribution in [2.45, 2.75) is 18.9 Å². The molecule has 1 atom stereocenters. The van der Waals surface area contributed by atoms with E-state index in [0.717, 1.165) is 12.1 Å². The minimum Gasteiger partial charge on any atom is -0.398 e. The van der Waals surface area contributed by atoms with Crippen LogP contribution in [0.5, 0.6) is 0 Å². The van der Waals surface area contributed by atoms with Gasteiger partial charge in [0.2, 0.25) is 0 Å². The molecule has 1 saturated heterocycles. The van der Waals surface area contributed by atoms with Gasteiger partial charge in [-0.15, -0.1) is 0 Å². The zero-order chi connectivity index (χ0) is 13.3. The fourth-order valence-electron chi connectivity index (χ4n) is 1.87. The summed E-state index contributed by atoms with van der Waals surface area (Å²) in [5.41, 5.74) is 4.86. The molecular formula is C12H14F2N2O2. The maximum Gasteiger partial charge on any atom is 0.253 e. The van der Waals surface area contributed by atoms with Gasteiger partial charge in [-0.05, 0) is 19.4 Å². The summed E-state index contributed by atoms with van der Waals surface area (Å²) in [4.78, 5) is 12.0. The maximum absolute atomic E-state index is 13.1. The van der Waals surface area contributed by atoms with E-state index in [9.17, 15) is 13.6 Å². The van der Waals surface area contributed by atoms with Crippen LogP contribution in [0.3, 0.4) is 0 Å². The first-order chi connectivity index (χ1) is 8.41. The Morgan fingerprint density at radius 1 is 1.44 bits per heavy atom. The van der Waals surface area contributed by atoms with E-state index >= 15 is 0 Å². The molecule has 0 radical (unpaired) electrons. The first-order valence-corrected chi connectivity index (χ1v) is 5.56. The first-order valence-electron chi connectivity index (χ1n) is 5.56. The van der Waals surface area contributed by atoms with Crippen LogP contribution < -0.4 is 11.1 Å². The van der Waals surface area contributed by atoms with Gasteiger partial charge in [0.25, 0.3) is 5.91 Å². The normalized spacial score (nSPS) is 23.1. The Hall–Kier alpha value is -1.69. The van der Waals surface area contributed by atoms with Crippen LogP contribution in [0.4, 0.5) is 14.5 Å². The van der Waals surface area contributed by atoms with Gasteiger partial charge >= 0.3 is 0 Å². The van der Waals surface area contributed by atoms with Crippen LogP contribution in [0, 0.1) is 11.6 Å². The van der Waals surface area contributed by atoms with Gasteiger partial charge < -0.3 is 15.8 Å². The number of benzene rings is 1. The zero-order valence-corrected chi connectivity index (χ0v) is 9.93. The van der Waals surface area contributed by atoms with Crippen molar-refractivity contribution in [1.29, 1.82) is 0 Å². The van der Waals surface area contributed by atoms with Crippen molar-refractivity contribution in [2.75, 3.05) is 18.9 Å². The van der Waals surface area contributed by atoms with Gasteiger partial charge in [0.15, 0.2) is 11.6 Å². The van der Waals surface area contributed by atoms with Crippen molar-refractivity contribution in [1.82, 2.24) is 5.32 Å². The number of halogens is 2. The highest BCUT2D eigenvalue weighted by molar-refractivity contribution is 5.99. The topological polar surface area (TPSA) is 64.4 Å². The highest BCUT2D eigenvalue weighted by Gasteiger charge is 2.32. The summed E-state index contributed by atoms with van der Waals surface area (Å²) in [5, 5.41) is 2.73. The second-order valence-electron chi connectivity index (χ2n) is 4.67. The molecule has 0 bridgehead atoms. The third kappa shape index (κ3) is 2.43. The number of rotatable bonds is 2. The molecule has 1 aromatic rings. The Morgan fingerprint density at radius 2 is 2.11 bits per heavy atom. The Kier molecular flexibility index (Phi) is 3.21. The third-order valence-corrected chi connectivity index (χ3v) is 2.97. The lowest BCUT2D eigenvalue weighted by Gasteiger charge is -2.23. The smallest absolute Gasteiger partial charge is 0.253 e. The standard InChI is InChI=1S/C12H14F2N2O2/c1-12(2-3-18-6-12)16-11(17)7-4-8(13)9(14)5-10(7)15/h4-5H,2-3,6,15H2,1H3,(H,16,17). The number of nitrogens with two attached hydrogens (primary N) is 1. The van der Waals surface area contributed by atoms with Gasteiger partial charge in [0.1, 0.15) is 0 Å². The highest BCUT2D eigenvalue weighted by atomic mass is 19.2. The van der Waals surface area contributed by atoms with Crippen molar-refractivity contribution < 1.29 is 18.3 Å². The molecule has 18 heavy (non-hydrogen) atoms. The number of hydrogen-bond acceptors (Lipinski definition) is 3. The lowest BCUT2D eigenvalue weighted by Crippen LogP contribution is -2.46. The predicted octanol–water partition coefficient (Wildman–Crippen LogP) is 1.46. The van der Waals surface area contributed by atoms with Crippen molar-refractivity contribution in [2.24, 2.45) is 0 Å². The third-order valence-electron chi connectivity index (χ3n) is 2.97. The number of nitrogens with one attached hydrogen (secondary N) is 1. The molecule has 1 aliphatic rings. The average molecular weight is 256 g/mol. The van der Waals surface area contributed by atoms with Crippen LogP contribution in [0.2, 0.25) is 0 Å². The van der Waals surface area contributed by atoms with Crippen molar-refractivity contribution >= 4 is 11.6 Å². The number of carbonyl (C=O) groups excluding carboxylic acids is 1. The van der Waals surface area contributed by atoms with Crippen LogP contribution in [-0.4, -0.2) is 24.7 Å². The summed E-state index contributed by atoms with van der Waals surface area (Å²) in [6.07, 6.45) is 0.669. The molecule has 1 unspecified atom stereocenters. The number of anilines is 1. The Morgan fingerprint density at radius 3 is 2.72 bits per heavy atom. The molecule has 0 spiro atoms. The molecule has 98 valence electrons. The highest BCUT2D eigenvalue weighted by Crippen LogP contribution is 2.21. The van der Waals surface area contributed by atoms with Gasteiger partial charge in [-0.2, -0.15) is 0 Å². The van der Waals surface area contributed by atoms with Crippen molar-refractivity contribution in [3.63, 3.8) is 0 Å². The molecule has 1 heterocycles. The van der Waals surface area contributed by atoms with E-state index in [2.05, 4.69) is 5.32 Å². The number of carbonyl (C=O) groups is 1. The van der Waals surface area contributed by atoms with Gasteiger partial charge in [-0.3, -0.25) is 4.79 Å². The fraction of sp³-hybridized carbons (Fsp3) is 0.417. The summed E-state index contributed by atoms with van der Waals surface area (Å²) >= 11 is 0. The molecule has 1 aliphatic heterocycles. The lowest BCUT2D eigenvalue weighted by molar-refractivity contribution is 0.0890. The summed E-state index contributed by atoms with van der Waals surface area (Å²) < 4.78 is 31.2. The summed E-state index contributed by atoms with van der Waals surface area (Å²) in [5.74, 6) is -2.69. The largest absolute Gasteiger partial charge is 0.398 e. The van der Waals surface area contributed by atoms with Crippen LogP contribution >= 0.6 is 0 Å². The SMILES string of the molecule is CC1(NC(=O)c2cc(F)c(F)cc2N)CCOC1. The molecule has 0 aliphatic carbocycles. The second kappa shape index (κ2) is 4.53. The number of amides is 1. The Balaban J connectivity index is 2.21. The molecule has 4 nitrogen and oxygen atoms in total. The minimum atomic E-state index is -1.10. The number of ether oxygens (including phenoxy) is 1. The van der Waals surface area contributed by atoms with E-state index in [4.69, 9.17) is 10.5 Å². The molecule has 1 aromatic carbocycles. The minimum absolute atomic E-state index is 0.0676. The molecule has 1 amide bonds. The monoisotopic (exact) mass is 256 g/mol. The fourth-order valence-corrected chi connectivity index (χ4v) is 1.87. The first kappa shape index (κ1) is 12.8. The summed E-state index contributed by atoms with van der Waals surface area (Å²) in [6.45, 7) is 2.78. The molecule has 6 heteroatoms.